The molecular weight excluding hydrogens is 538 g/mol. The van der Waals surface area contributed by atoms with Crippen LogP contribution in [0.2, 0.25) is 0 Å². The molecule has 10 heteroatoms. The van der Waals surface area contributed by atoms with Gasteiger partial charge in [-0.05, 0) is 45.2 Å². The number of alkyl halides is 3. The van der Waals surface area contributed by atoms with Crippen LogP contribution in [0.25, 0.3) is 0 Å². The van der Waals surface area contributed by atoms with Crippen LogP contribution in [0.3, 0.4) is 0 Å². The number of aromatic nitrogens is 1. The first-order valence-electron chi connectivity index (χ1n) is 10.8. The minimum atomic E-state index is -4.10. The topological polar surface area (TPSA) is 52.6 Å². The third-order valence-electron chi connectivity index (χ3n) is 5.21. The number of rotatable bonds is 8. The molecule has 1 aromatic heterocycles. The van der Waals surface area contributed by atoms with E-state index in [2.05, 4.69) is 41.8 Å². The van der Waals surface area contributed by atoms with E-state index >= 15 is 0 Å². The van der Waals surface area contributed by atoms with E-state index in [1.807, 2.05) is 6.92 Å². The number of nitrogens with one attached hydrogen (secondary N) is 2. The van der Waals surface area contributed by atoms with E-state index in [0.717, 1.165) is 55.4 Å². The van der Waals surface area contributed by atoms with Gasteiger partial charge in [-0.3, -0.25) is 9.89 Å². The Balaban J connectivity index is 0.00000480. The molecule has 1 saturated heterocycles. The lowest BCUT2D eigenvalue weighted by Crippen LogP contribution is -2.40. The highest BCUT2D eigenvalue weighted by atomic mass is 127. The molecule has 0 spiro atoms. The van der Waals surface area contributed by atoms with Gasteiger partial charge in [0.2, 0.25) is 0 Å². The number of halogens is 4. The zero-order chi connectivity index (χ0) is 22.2. The second kappa shape index (κ2) is 13.2. The molecule has 1 fully saturated rings. The summed E-state index contributed by atoms with van der Waals surface area (Å²) in [5.41, 5.74) is 1.20. The Morgan fingerprint density at radius 1 is 1.23 bits per heavy atom. The summed E-state index contributed by atoms with van der Waals surface area (Å²) >= 11 is 1.70. The fourth-order valence-corrected chi connectivity index (χ4v) is 4.47. The molecule has 0 aliphatic carbocycles. The molecule has 1 aromatic rings. The van der Waals surface area contributed by atoms with E-state index in [9.17, 15) is 13.2 Å². The van der Waals surface area contributed by atoms with Crippen LogP contribution >= 0.6 is 35.3 Å². The van der Waals surface area contributed by atoms with Gasteiger partial charge in [0.05, 0.1) is 17.2 Å². The highest BCUT2D eigenvalue weighted by molar-refractivity contribution is 14.0. The monoisotopic (exact) mass is 575 g/mol. The van der Waals surface area contributed by atoms with Crippen LogP contribution in [0, 0.1) is 5.92 Å². The quantitative estimate of drug-likeness (QED) is 0.265. The lowest BCUT2D eigenvalue weighted by Gasteiger charge is -2.32. The highest BCUT2D eigenvalue weighted by Gasteiger charge is 2.32. The maximum Gasteiger partial charge on any atom is 0.401 e. The van der Waals surface area contributed by atoms with Gasteiger partial charge in [0.1, 0.15) is 0 Å². The summed E-state index contributed by atoms with van der Waals surface area (Å²) in [5, 5.41) is 9.87. The zero-order valence-electron chi connectivity index (χ0n) is 19.0. The molecule has 2 heterocycles. The standard InChI is InChI=1S/C21H36F3N5S.HI/c1-5-25-19(27-11-7-18-28-17(14-30-18)20(2,3)4)26-10-6-16-8-12-29(13-9-16)15-21(22,23)24;/h14,16H,5-13,15H2,1-4H3,(H2,25,26,27);1H. The first kappa shape index (κ1) is 28.4. The van der Waals surface area contributed by atoms with Gasteiger partial charge in [-0.25, -0.2) is 4.98 Å². The predicted octanol–water partition coefficient (Wildman–Crippen LogP) is 4.82. The van der Waals surface area contributed by atoms with Crippen LogP contribution in [0.5, 0.6) is 0 Å². The molecule has 2 rings (SSSR count). The minimum absolute atomic E-state index is 0. The molecule has 180 valence electrons. The molecular formula is C21H37F3IN5S. The Hall–Kier alpha value is -0.620. The number of hydrogen-bond acceptors (Lipinski definition) is 4. The first-order valence-corrected chi connectivity index (χ1v) is 11.7. The molecule has 0 bridgehead atoms. The first-order chi connectivity index (χ1) is 14.1. The van der Waals surface area contributed by atoms with Crippen molar-refractivity contribution < 1.29 is 13.2 Å². The maximum atomic E-state index is 12.5. The molecule has 0 atom stereocenters. The molecule has 0 aromatic carbocycles. The number of thiazole rings is 1. The van der Waals surface area contributed by atoms with Gasteiger partial charge in [-0.15, -0.1) is 35.3 Å². The number of likely N-dealkylation sites (tertiary alicyclic amines) is 1. The van der Waals surface area contributed by atoms with Crippen molar-refractivity contribution in [1.82, 2.24) is 20.5 Å². The van der Waals surface area contributed by atoms with Crippen LogP contribution < -0.4 is 10.6 Å². The Kier molecular flexibility index (Phi) is 12.1. The third kappa shape index (κ3) is 11.2. The molecule has 0 saturated carbocycles. The molecule has 0 unspecified atom stereocenters. The van der Waals surface area contributed by atoms with Crippen LogP contribution in [0.15, 0.2) is 10.4 Å². The number of aliphatic imine (C=N–C) groups is 1. The van der Waals surface area contributed by atoms with Crippen molar-refractivity contribution in [3.05, 3.63) is 16.1 Å². The summed E-state index contributed by atoms with van der Waals surface area (Å²) < 4.78 is 37.5. The number of hydrogen-bond donors (Lipinski definition) is 2. The van der Waals surface area contributed by atoms with Crippen molar-refractivity contribution in [2.75, 3.05) is 39.3 Å². The van der Waals surface area contributed by atoms with Gasteiger partial charge >= 0.3 is 6.18 Å². The van der Waals surface area contributed by atoms with Gasteiger partial charge in [0.15, 0.2) is 5.96 Å². The van der Waals surface area contributed by atoms with Crippen LogP contribution in [0.4, 0.5) is 13.2 Å². The molecule has 0 radical (unpaired) electrons. The molecule has 0 amide bonds. The van der Waals surface area contributed by atoms with Crippen molar-refractivity contribution in [2.45, 2.75) is 65.0 Å². The van der Waals surface area contributed by atoms with E-state index in [4.69, 9.17) is 4.98 Å². The molecule has 1 aliphatic heterocycles. The lowest BCUT2D eigenvalue weighted by atomic mass is 9.93. The molecule has 31 heavy (non-hydrogen) atoms. The van der Waals surface area contributed by atoms with Crippen molar-refractivity contribution in [3.8, 4) is 0 Å². The lowest BCUT2D eigenvalue weighted by molar-refractivity contribution is -0.148. The molecule has 1 aliphatic rings. The Bertz CT molecular complexity index is 665. The van der Waals surface area contributed by atoms with Crippen LogP contribution in [-0.4, -0.2) is 61.3 Å². The van der Waals surface area contributed by atoms with Crippen molar-refractivity contribution in [3.63, 3.8) is 0 Å². The van der Waals surface area contributed by atoms with Crippen molar-refractivity contribution in [1.29, 1.82) is 0 Å². The van der Waals surface area contributed by atoms with Crippen LogP contribution in [-0.2, 0) is 11.8 Å². The fourth-order valence-electron chi connectivity index (χ4n) is 3.45. The summed E-state index contributed by atoms with van der Waals surface area (Å²) in [7, 11) is 0. The van der Waals surface area contributed by atoms with E-state index in [1.54, 1.807) is 11.3 Å². The average Bonchev–Trinajstić information content (AvgIpc) is 3.11. The number of piperidine rings is 1. The summed E-state index contributed by atoms with van der Waals surface area (Å²) in [6.07, 6.45) is -0.706. The zero-order valence-corrected chi connectivity index (χ0v) is 22.2. The summed E-state index contributed by atoms with van der Waals surface area (Å²) in [4.78, 5) is 10.9. The fraction of sp³-hybridized carbons (Fsp3) is 0.810. The second-order valence-corrected chi connectivity index (χ2v) is 9.88. The van der Waals surface area contributed by atoms with Gasteiger partial charge in [0.25, 0.3) is 0 Å². The number of guanidine groups is 1. The second-order valence-electron chi connectivity index (χ2n) is 8.94. The van der Waals surface area contributed by atoms with Gasteiger partial charge < -0.3 is 10.6 Å². The van der Waals surface area contributed by atoms with E-state index < -0.39 is 12.7 Å². The minimum Gasteiger partial charge on any atom is -0.357 e. The average molecular weight is 576 g/mol. The van der Waals surface area contributed by atoms with Gasteiger partial charge in [-0.2, -0.15) is 13.2 Å². The third-order valence-corrected chi connectivity index (χ3v) is 6.12. The van der Waals surface area contributed by atoms with E-state index in [0.29, 0.717) is 25.6 Å². The Labute approximate surface area is 205 Å². The van der Waals surface area contributed by atoms with Crippen LogP contribution in [0.1, 0.15) is 57.7 Å². The Morgan fingerprint density at radius 2 is 1.90 bits per heavy atom. The van der Waals surface area contributed by atoms with Crippen molar-refractivity contribution in [2.24, 2.45) is 10.9 Å². The Morgan fingerprint density at radius 3 is 2.45 bits per heavy atom. The predicted molar refractivity (Wildman–Crippen MR) is 134 cm³/mol. The molecule has 5 nitrogen and oxygen atoms in total. The van der Waals surface area contributed by atoms with Gasteiger partial charge in [-0.1, -0.05) is 20.8 Å². The maximum absolute atomic E-state index is 12.5. The number of nitrogens with zero attached hydrogens (tertiary/aromatic N) is 3. The summed E-state index contributed by atoms with van der Waals surface area (Å²) in [6.45, 7) is 11.0. The van der Waals surface area contributed by atoms with Crippen molar-refractivity contribution >= 4 is 41.3 Å². The largest absolute Gasteiger partial charge is 0.401 e. The van der Waals surface area contributed by atoms with E-state index in [-0.39, 0.29) is 29.4 Å². The van der Waals surface area contributed by atoms with E-state index in [1.165, 1.54) is 4.90 Å². The summed E-state index contributed by atoms with van der Waals surface area (Å²) in [5.74, 6) is 1.24. The van der Waals surface area contributed by atoms with Gasteiger partial charge in [0, 0.05) is 36.9 Å². The normalized spacial score (nSPS) is 16.8. The molecule has 2 N–H and O–H groups in total. The SMILES string of the molecule is CCNC(=NCCC1CCN(CC(F)(F)F)CC1)NCCc1nc(C(C)(C)C)cs1.I. The smallest absolute Gasteiger partial charge is 0.357 e. The highest BCUT2D eigenvalue weighted by Crippen LogP contribution is 2.25. The summed E-state index contributed by atoms with van der Waals surface area (Å²) in [6, 6.07) is 0.